The highest BCUT2D eigenvalue weighted by atomic mass is 32.2. The van der Waals surface area contributed by atoms with Crippen molar-refractivity contribution in [3.05, 3.63) is 53.5 Å². The average Bonchev–Trinajstić information content (AvgIpc) is 2.95. The molecule has 102 valence electrons. The fraction of sp³-hybridized carbons (Fsp3) is 0.188. The molecule has 0 spiro atoms. The molecule has 4 heteroatoms. The van der Waals surface area contributed by atoms with Gasteiger partial charge in [-0.2, -0.15) is 0 Å². The van der Waals surface area contributed by atoms with Crippen LogP contribution < -0.4 is 5.32 Å². The molecule has 0 aliphatic rings. The van der Waals surface area contributed by atoms with E-state index in [-0.39, 0.29) is 6.04 Å². The molecule has 0 bridgehead atoms. The Morgan fingerprint density at radius 2 is 2.10 bits per heavy atom. The Morgan fingerprint density at radius 3 is 2.95 bits per heavy atom. The van der Waals surface area contributed by atoms with E-state index in [0.29, 0.717) is 0 Å². The van der Waals surface area contributed by atoms with E-state index < -0.39 is 0 Å². The van der Waals surface area contributed by atoms with Crippen LogP contribution in [0.3, 0.4) is 0 Å². The van der Waals surface area contributed by atoms with Gasteiger partial charge in [0.15, 0.2) is 0 Å². The molecule has 1 N–H and O–H groups in total. The lowest BCUT2D eigenvalue weighted by atomic mass is 10.1. The number of hydrogen-bond donors (Lipinski definition) is 1. The van der Waals surface area contributed by atoms with Crippen LogP contribution in [0.15, 0.2) is 52.9 Å². The standard InChI is InChI=1S/C16H16N2S2/c1-11(18-14-5-3-4-6-15(14)19-2)12-9-16-13(17-10-12)7-8-20-16/h3-11,18H,1-2H3. The third-order valence-corrected chi connectivity index (χ3v) is 4.95. The van der Waals surface area contributed by atoms with Gasteiger partial charge in [0.2, 0.25) is 0 Å². The summed E-state index contributed by atoms with van der Waals surface area (Å²) in [6.07, 6.45) is 4.07. The zero-order chi connectivity index (χ0) is 13.9. The topological polar surface area (TPSA) is 24.9 Å². The summed E-state index contributed by atoms with van der Waals surface area (Å²) in [5.41, 5.74) is 3.48. The van der Waals surface area contributed by atoms with Gasteiger partial charge in [-0.05, 0) is 48.4 Å². The van der Waals surface area contributed by atoms with Crippen LogP contribution in [-0.2, 0) is 0 Å². The first kappa shape index (κ1) is 13.5. The number of hydrogen-bond acceptors (Lipinski definition) is 4. The van der Waals surface area contributed by atoms with Crippen molar-refractivity contribution < 1.29 is 0 Å². The molecule has 0 saturated carbocycles. The van der Waals surface area contributed by atoms with Crippen molar-refractivity contribution in [1.82, 2.24) is 4.98 Å². The first-order valence-corrected chi connectivity index (χ1v) is 8.61. The minimum atomic E-state index is 0.238. The van der Waals surface area contributed by atoms with Crippen LogP contribution in [0.4, 0.5) is 5.69 Å². The first-order chi connectivity index (χ1) is 9.78. The number of nitrogens with one attached hydrogen (secondary N) is 1. The Labute approximate surface area is 127 Å². The van der Waals surface area contributed by atoms with Gasteiger partial charge in [0, 0.05) is 16.8 Å². The maximum atomic E-state index is 4.51. The molecule has 0 aliphatic carbocycles. The predicted molar refractivity (Wildman–Crippen MR) is 89.9 cm³/mol. The lowest BCUT2D eigenvalue weighted by molar-refractivity contribution is 0.875. The zero-order valence-electron chi connectivity index (χ0n) is 11.5. The molecule has 1 unspecified atom stereocenters. The Hall–Kier alpha value is -1.52. The fourth-order valence-electron chi connectivity index (χ4n) is 2.18. The molecular weight excluding hydrogens is 284 g/mol. The van der Waals surface area contributed by atoms with E-state index in [1.165, 1.54) is 20.8 Å². The van der Waals surface area contributed by atoms with Crippen molar-refractivity contribution in [2.24, 2.45) is 0 Å². The molecule has 3 rings (SSSR count). The van der Waals surface area contributed by atoms with Gasteiger partial charge in [-0.15, -0.1) is 23.1 Å². The number of fused-ring (bicyclic) bond motifs is 1. The molecule has 2 heterocycles. The van der Waals surface area contributed by atoms with Gasteiger partial charge >= 0.3 is 0 Å². The van der Waals surface area contributed by atoms with E-state index in [4.69, 9.17) is 0 Å². The summed E-state index contributed by atoms with van der Waals surface area (Å²) in [5.74, 6) is 0. The van der Waals surface area contributed by atoms with Crippen molar-refractivity contribution in [3.63, 3.8) is 0 Å². The smallest absolute Gasteiger partial charge is 0.0809 e. The highest BCUT2D eigenvalue weighted by Crippen LogP contribution is 2.29. The quantitative estimate of drug-likeness (QED) is 0.671. The third-order valence-electron chi connectivity index (χ3n) is 3.30. The van der Waals surface area contributed by atoms with E-state index in [0.717, 1.165) is 5.52 Å². The van der Waals surface area contributed by atoms with Gasteiger partial charge in [0.05, 0.1) is 16.3 Å². The summed E-state index contributed by atoms with van der Waals surface area (Å²) in [7, 11) is 0. The zero-order valence-corrected chi connectivity index (χ0v) is 13.1. The molecule has 2 nitrogen and oxygen atoms in total. The summed E-state index contributed by atoms with van der Waals surface area (Å²) >= 11 is 3.50. The fourth-order valence-corrected chi connectivity index (χ4v) is 3.53. The maximum Gasteiger partial charge on any atom is 0.0809 e. The second-order valence-electron chi connectivity index (χ2n) is 4.64. The van der Waals surface area contributed by atoms with Crippen molar-refractivity contribution in [3.8, 4) is 0 Å². The Bertz CT molecular complexity index is 721. The molecule has 0 aliphatic heterocycles. The number of thioether (sulfide) groups is 1. The molecule has 1 aromatic carbocycles. The van der Waals surface area contributed by atoms with Crippen LogP contribution in [-0.4, -0.2) is 11.2 Å². The first-order valence-electron chi connectivity index (χ1n) is 6.50. The number of pyridine rings is 1. The molecule has 3 aromatic rings. The van der Waals surface area contributed by atoms with Crippen molar-refractivity contribution in [2.75, 3.05) is 11.6 Å². The highest BCUT2D eigenvalue weighted by Gasteiger charge is 2.09. The van der Waals surface area contributed by atoms with Gasteiger partial charge < -0.3 is 5.32 Å². The predicted octanol–water partition coefficient (Wildman–Crippen LogP) is 5.19. The monoisotopic (exact) mass is 300 g/mol. The summed E-state index contributed by atoms with van der Waals surface area (Å²) in [6.45, 7) is 2.17. The average molecular weight is 300 g/mol. The minimum absolute atomic E-state index is 0.238. The Kier molecular flexibility index (Phi) is 3.94. The molecule has 0 saturated heterocycles. The second-order valence-corrected chi connectivity index (χ2v) is 6.43. The Balaban J connectivity index is 1.86. The molecule has 2 aromatic heterocycles. The van der Waals surface area contributed by atoms with E-state index in [1.807, 2.05) is 6.20 Å². The largest absolute Gasteiger partial charge is 0.378 e. The van der Waals surface area contributed by atoms with Crippen molar-refractivity contribution in [1.29, 1.82) is 0 Å². The van der Waals surface area contributed by atoms with Gasteiger partial charge in [0.1, 0.15) is 0 Å². The summed E-state index contributed by atoms with van der Waals surface area (Å²) < 4.78 is 1.24. The number of thiophene rings is 1. The van der Waals surface area contributed by atoms with Crippen LogP contribution in [0.25, 0.3) is 10.2 Å². The van der Waals surface area contributed by atoms with Crippen molar-refractivity contribution in [2.45, 2.75) is 17.9 Å². The lowest BCUT2D eigenvalue weighted by Gasteiger charge is -2.17. The van der Waals surface area contributed by atoms with Gasteiger partial charge in [-0.25, -0.2) is 0 Å². The number of para-hydroxylation sites is 1. The molecule has 0 fully saturated rings. The molecule has 20 heavy (non-hydrogen) atoms. The maximum absolute atomic E-state index is 4.51. The third kappa shape index (κ3) is 2.67. The molecule has 0 radical (unpaired) electrons. The van der Waals surface area contributed by atoms with Crippen LogP contribution >= 0.6 is 23.1 Å². The second kappa shape index (κ2) is 5.85. The van der Waals surface area contributed by atoms with Crippen molar-refractivity contribution >= 4 is 39.0 Å². The van der Waals surface area contributed by atoms with Crippen LogP contribution in [0, 0.1) is 0 Å². The molecular formula is C16H16N2S2. The number of nitrogens with zero attached hydrogens (tertiary/aromatic N) is 1. The normalized spacial score (nSPS) is 12.5. The van der Waals surface area contributed by atoms with E-state index in [1.54, 1.807) is 23.1 Å². The number of benzene rings is 1. The number of rotatable bonds is 4. The van der Waals surface area contributed by atoms with Crippen LogP contribution in [0.5, 0.6) is 0 Å². The minimum Gasteiger partial charge on any atom is -0.378 e. The lowest BCUT2D eigenvalue weighted by Crippen LogP contribution is -2.07. The van der Waals surface area contributed by atoms with Crippen LogP contribution in [0.1, 0.15) is 18.5 Å². The molecule has 1 atom stereocenters. The Morgan fingerprint density at radius 1 is 1.25 bits per heavy atom. The highest BCUT2D eigenvalue weighted by molar-refractivity contribution is 7.98. The van der Waals surface area contributed by atoms with Gasteiger partial charge in [0.25, 0.3) is 0 Å². The van der Waals surface area contributed by atoms with E-state index in [2.05, 4.69) is 65.3 Å². The molecule has 0 amide bonds. The number of anilines is 1. The summed E-state index contributed by atoms with van der Waals surface area (Å²) in [6, 6.07) is 12.9. The van der Waals surface area contributed by atoms with Gasteiger partial charge in [-0.1, -0.05) is 12.1 Å². The van der Waals surface area contributed by atoms with Gasteiger partial charge in [-0.3, -0.25) is 4.98 Å². The van der Waals surface area contributed by atoms with E-state index >= 15 is 0 Å². The number of aromatic nitrogens is 1. The summed E-state index contributed by atoms with van der Waals surface area (Å²) in [5, 5.41) is 5.66. The summed E-state index contributed by atoms with van der Waals surface area (Å²) in [4.78, 5) is 5.78. The SMILES string of the molecule is CSc1ccccc1NC(C)c1cnc2ccsc2c1. The van der Waals surface area contributed by atoms with E-state index in [9.17, 15) is 0 Å². The van der Waals surface area contributed by atoms with Crippen LogP contribution in [0.2, 0.25) is 0 Å².